The summed E-state index contributed by atoms with van der Waals surface area (Å²) >= 11 is 0. The van der Waals surface area contributed by atoms with Crippen LogP contribution in [0.5, 0.6) is 5.75 Å². The number of fused-ring (bicyclic) bond motifs is 6. The van der Waals surface area contributed by atoms with Gasteiger partial charge in [0.05, 0.1) is 36.4 Å². The van der Waals surface area contributed by atoms with E-state index in [2.05, 4.69) is 5.32 Å². The number of benzene rings is 2. The van der Waals surface area contributed by atoms with Gasteiger partial charge in [-0.05, 0) is 51.0 Å². The molecule has 1 N–H and O–H groups in total. The molecule has 4 atom stereocenters. The Morgan fingerprint density at radius 3 is 2.75 bits per heavy atom. The van der Waals surface area contributed by atoms with Crippen LogP contribution >= 0.6 is 0 Å². The first-order valence-corrected chi connectivity index (χ1v) is 10.9. The van der Waals surface area contributed by atoms with Crippen LogP contribution in [0.4, 0.5) is 5.69 Å². The van der Waals surface area contributed by atoms with Gasteiger partial charge in [0.25, 0.3) is 11.8 Å². The maximum absolute atomic E-state index is 14.1. The fraction of sp³-hybridized carbons (Fsp3) is 0.400. The lowest BCUT2D eigenvalue weighted by atomic mass is 9.77. The number of aryl methyl sites for hydroxylation is 2. The van der Waals surface area contributed by atoms with E-state index in [1.54, 1.807) is 24.8 Å². The van der Waals surface area contributed by atoms with Crippen LogP contribution < -0.4 is 10.1 Å². The lowest BCUT2D eigenvalue weighted by Gasteiger charge is -2.38. The molecule has 0 radical (unpaired) electrons. The highest BCUT2D eigenvalue weighted by Gasteiger charge is 2.67. The summed E-state index contributed by atoms with van der Waals surface area (Å²) in [5, 5.41) is 2.96. The van der Waals surface area contributed by atoms with Crippen molar-refractivity contribution in [3.8, 4) is 5.75 Å². The number of para-hydroxylation sites is 1. The highest BCUT2D eigenvalue weighted by atomic mass is 16.5. The Bertz CT molecular complexity index is 1160. The average molecular weight is 434 g/mol. The van der Waals surface area contributed by atoms with Crippen LogP contribution in [-0.4, -0.2) is 41.4 Å². The molecule has 0 saturated carbocycles. The highest BCUT2D eigenvalue weighted by Crippen LogP contribution is 2.56. The van der Waals surface area contributed by atoms with Crippen LogP contribution in [0.2, 0.25) is 0 Å². The summed E-state index contributed by atoms with van der Waals surface area (Å²) < 4.78 is 11.4. The maximum atomic E-state index is 14.1. The van der Waals surface area contributed by atoms with Crippen molar-refractivity contribution in [3.63, 3.8) is 0 Å². The molecule has 0 bridgehead atoms. The van der Waals surface area contributed by atoms with E-state index < -0.39 is 29.4 Å². The minimum absolute atomic E-state index is 0.189. The van der Waals surface area contributed by atoms with Gasteiger partial charge < -0.3 is 19.7 Å². The number of carbonyl (C=O) groups is 3. The Balaban J connectivity index is 1.77. The van der Waals surface area contributed by atoms with Crippen molar-refractivity contribution in [1.29, 1.82) is 0 Å². The van der Waals surface area contributed by atoms with Gasteiger partial charge in [-0.25, -0.2) is 0 Å². The van der Waals surface area contributed by atoms with Crippen molar-refractivity contribution in [2.24, 2.45) is 11.8 Å². The summed E-state index contributed by atoms with van der Waals surface area (Å²) in [6, 6.07) is 10.8. The number of amides is 2. The van der Waals surface area contributed by atoms with Gasteiger partial charge in [-0.3, -0.25) is 14.4 Å². The number of hydrogen-bond donors (Lipinski definition) is 1. The van der Waals surface area contributed by atoms with E-state index in [0.717, 1.165) is 16.7 Å². The number of anilines is 1. The third kappa shape index (κ3) is 2.63. The van der Waals surface area contributed by atoms with E-state index in [4.69, 9.17) is 9.47 Å². The SMILES string of the molecule is CCOC(=O)[C@H]1[C@H]2COc3ccccc3[C@@H]2N2C(=O)c3c(C)cc(C)cc3NC(=O)[C@@]12C. The molecule has 0 aromatic heterocycles. The minimum atomic E-state index is -1.43. The number of ether oxygens (including phenoxy) is 2. The largest absolute Gasteiger partial charge is 0.493 e. The molecule has 32 heavy (non-hydrogen) atoms. The molecule has 3 heterocycles. The normalized spacial score (nSPS) is 27.9. The highest BCUT2D eigenvalue weighted by molar-refractivity contribution is 6.14. The first kappa shape index (κ1) is 20.5. The Hall–Kier alpha value is -3.35. The maximum Gasteiger partial charge on any atom is 0.312 e. The van der Waals surface area contributed by atoms with Gasteiger partial charge in [-0.2, -0.15) is 0 Å². The number of hydrogen-bond acceptors (Lipinski definition) is 5. The van der Waals surface area contributed by atoms with E-state index in [1.165, 1.54) is 0 Å². The van der Waals surface area contributed by atoms with Gasteiger partial charge in [-0.1, -0.05) is 24.3 Å². The van der Waals surface area contributed by atoms with E-state index >= 15 is 0 Å². The smallest absolute Gasteiger partial charge is 0.312 e. The molecule has 7 heteroatoms. The van der Waals surface area contributed by atoms with Gasteiger partial charge in [0.1, 0.15) is 11.3 Å². The molecule has 1 saturated heterocycles. The Morgan fingerprint density at radius 1 is 1.25 bits per heavy atom. The second-order valence-corrected chi connectivity index (χ2v) is 8.97. The molecule has 166 valence electrons. The molecule has 2 aromatic rings. The second-order valence-electron chi connectivity index (χ2n) is 8.97. The van der Waals surface area contributed by atoms with Crippen LogP contribution in [0.15, 0.2) is 36.4 Å². The standard InChI is InChI=1S/C25H26N2O5/c1-5-31-23(29)20-16-12-32-18-9-7-6-8-15(18)21(16)27-22(28)19-14(3)10-13(2)11-17(19)26-24(30)25(20,27)4/h6-11,16,20-21H,5,12H2,1-4H3,(H,26,30)/t16-,20-,21+,25-/m1/s1. The Kier molecular flexibility index (Phi) is 4.55. The average Bonchev–Trinajstić information content (AvgIpc) is 2.98. The van der Waals surface area contributed by atoms with Gasteiger partial charge in [0.2, 0.25) is 0 Å². The summed E-state index contributed by atoms with van der Waals surface area (Å²) in [6.07, 6.45) is 0. The second kappa shape index (κ2) is 7.08. The number of esters is 1. The van der Waals surface area contributed by atoms with Crippen LogP contribution in [0.25, 0.3) is 0 Å². The first-order valence-electron chi connectivity index (χ1n) is 10.9. The topological polar surface area (TPSA) is 84.9 Å². The third-order valence-electron chi connectivity index (χ3n) is 7.05. The summed E-state index contributed by atoms with van der Waals surface area (Å²) in [4.78, 5) is 42.8. The molecule has 2 aromatic carbocycles. The predicted octanol–water partition coefficient (Wildman–Crippen LogP) is 3.40. The molecule has 0 spiro atoms. The zero-order valence-corrected chi connectivity index (χ0v) is 18.6. The summed E-state index contributed by atoms with van der Waals surface area (Å²) in [5.41, 5.74) is 2.03. The Labute approximate surface area is 186 Å². The Morgan fingerprint density at radius 2 is 2.00 bits per heavy atom. The monoisotopic (exact) mass is 434 g/mol. The first-order chi connectivity index (χ1) is 15.3. The fourth-order valence-electron chi connectivity index (χ4n) is 5.77. The predicted molar refractivity (Wildman–Crippen MR) is 117 cm³/mol. The molecular weight excluding hydrogens is 408 g/mol. The van der Waals surface area contributed by atoms with Crippen LogP contribution in [-0.2, 0) is 14.3 Å². The molecule has 2 amide bonds. The minimum Gasteiger partial charge on any atom is -0.493 e. The molecule has 1 fully saturated rings. The summed E-state index contributed by atoms with van der Waals surface area (Å²) in [6.45, 7) is 7.61. The third-order valence-corrected chi connectivity index (χ3v) is 7.05. The lowest BCUT2D eigenvalue weighted by molar-refractivity contribution is -0.155. The number of carbonyl (C=O) groups excluding carboxylic acids is 3. The van der Waals surface area contributed by atoms with E-state index in [-0.39, 0.29) is 25.0 Å². The fourth-order valence-corrected chi connectivity index (χ4v) is 5.77. The lowest BCUT2D eigenvalue weighted by Crippen LogP contribution is -2.57. The summed E-state index contributed by atoms with van der Waals surface area (Å²) in [5.74, 6) is -1.75. The molecule has 0 aliphatic carbocycles. The van der Waals surface area contributed by atoms with Crippen molar-refractivity contribution in [2.75, 3.05) is 18.5 Å². The van der Waals surface area contributed by atoms with E-state index in [0.29, 0.717) is 17.0 Å². The van der Waals surface area contributed by atoms with Crippen LogP contribution in [0.1, 0.15) is 46.9 Å². The molecular formula is C25H26N2O5. The zero-order chi connectivity index (χ0) is 22.8. The summed E-state index contributed by atoms with van der Waals surface area (Å²) in [7, 11) is 0. The number of rotatable bonds is 2. The zero-order valence-electron chi connectivity index (χ0n) is 18.6. The van der Waals surface area contributed by atoms with Crippen LogP contribution in [0, 0.1) is 25.7 Å². The molecule has 0 unspecified atom stereocenters. The van der Waals surface area contributed by atoms with Crippen molar-refractivity contribution < 1.29 is 23.9 Å². The van der Waals surface area contributed by atoms with Gasteiger partial charge in [-0.15, -0.1) is 0 Å². The van der Waals surface area contributed by atoms with Gasteiger partial charge in [0, 0.05) is 11.5 Å². The molecule has 3 aliphatic rings. The van der Waals surface area contributed by atoms with Crippen molar-refractivity contribution in [2.45, 2.75) is 39.3 Å². The quantitative estimate of drug-likeness (QED) is 0.733. The van der Waals surface area contributed by atoms with Crippen molar-refractivity contribution >= 4 is 23.5 Å². The molecule has 5 rings (SSSR count). The van der Waals surface area contributed by atoms with E-state index in [1.807, 2.05) is 44.2 Å². The van der Waals surface area contributed by atoms with Crippen LogP contribution in [0.3, 0.4) is 0 Å². The van der Waals surface area contributed by atoms with Crippen molar-refractivity contribution in [1.82, 2.24) is 4.90 Å². The van der Waals surface area contributed by atoms with Crippen molar-refractivity contribution in [3.05, 3.63) is 58.7 Å². The van der Waals surface area contributed by atoms with E-state index in [9.17, 15) is 14.4 Å². The number of nitrogens with one attached hydrogen (secondary N) is 1. The molecule has 3 aliphatic heterocycles. The number of nitrogens with zero attached hydrogens (tertiary/aromatic N) is 1. The molecule has 7 nitrogen and oxygen atoms in total. The van der Waals surface area contributed by atoms with Gasteiger partial charge in [0.15, 0.2) is 0 Å². The van der Waals surface area contributed by atoms with Gasteiger partial charge >= 0.3 is 5.97 Å².